The Labute approximate surface area is 80.4 Å². The molecule has 0 bridgehead atoms. The lowest BCUT2D eigenvalue weighted by molar-refractivity contribution is -0.146. The van der Waals surface area contributed by atoms with Crippen LogP contribution in [0.2, 0.25) is 0 Å². The second kappa shape index (κ2) is 6.66. The van der Waals surface area contributed by atoms with E-state index in [1.54, 1.807) is 0 Å². The van der Waals surface area contributed by atoms with Crippen molar-refractivity contribution in [2.75, 3.05) is 21.2 Å². The standard InChI is InChI=1S/C10H19NO2/c1-5-6-7-8-9(11(2)3)10(12)13-4/h5,9H,1,6-8H2,2-4H3/t9-/m0/s1. The second-order valence-corrected chi connectivity index (χ2v) is 3.22. The molecule has 0 aliphatic heterocycles. The molecule has 0 heterocycles. The number of allylic oxidation sites excluding steroid dienone is 1. The van der Waals surface area contributed by atoms with Gasteiger partial charge in [-0.15, -0.1) is 6.58 Å². The van der Waals surface area contributed by atoms with Crippen LogP contribution in [0.3, 0.4) is 0 Å². The van der Waals surface area contributed by atoms with E-state index < -0.39 is 0 Å². The normalized spacial score (nSPS) is 12.6. The van der Waals surface area contributed by atoms with Gasteiger partial charge in [0.05, 0.1) is 7.11 Å². The topological polar surface area (TPSA) is 29.5 Å². The lowest BCUT2D eigenvalue weighted by Crippen LogP contribution is -2.36. The van der Waals surface area contributed by atoms with E-state index in [9.17, 15) is 4.79 Å². The number of hydrogen-bond donors (Lipinski definition) is 0. The van der Waals surface area contributed by atoms with Crippen LogP contribution >= 0.6 is 0 Å². The number of unbranched alkanes of at least 4 members (excludes halogenated alkanes) is 1. The van der Waals surface area contributed by atoms with Crippen LogP contribution in [-0.2, 0) is 9.53 Å². The van der Waals surface area contributed by atoms with Crippen LogP contribution in [-0.4, -0.2) is 38.1 Å². The first-order valence-corrected chi connectivity index (χ1v) is 4.48. The summed E-state index contributed by atoms with van der Waals surface area (Å²) in [5, 5.41) is 0. The maximum absolute atomic E-state index is 11.3. The molecule has 0 aromatic carbocycles. The van der Waals surface area contributed by atoms with Gasteiger partial charge >= 0.3 is 5.97 Å². The van der Waals surface area contributed by atoms with Gasteiger partial charge in [0.1, 0.15) is 6.04 Å². The van der Waals surface area contributed by atoms with Crippen molar-refractivity contribution in [3.63, 3.8) is 0 Å². The highest BCUT2D eigenvalue weighted by molar-refractivity contribution is 5.75. The number of ether oxygens (including phenoxy) is 1. The van der Waals surface area contributed by atoms with Crippen molar-refractivity contribution in [2.45, 2.75) is 25.3 Å². The summed E-state index contributed by atoms with van der Waals surface area (Å²) in [6.07, 6.45) is 4.61. The zero-order chi connectivity index (χ0) is 10.3. The van der Waals surface area contributed by atoms with Crippen molar-refractivity contribution in [1.29, 1.82) is 0 Å². The molecule has 0 saturated heterocycles. The van der Waals surface area contributed by atoms with E-state index in [-0.39, 0.29) is 12.0 Å². The molecule has 0 rings (SSSR count). The molecule has 13 heavy (non-hydrogen) atoms. The zero-order valence-corrected chi connectivity index (χ0v) is 8.75. The van der Waals surface area contributed by atoms with E-state index in [4.69, 9.17) is 4.74 Å². The van der Waals surface area contributed by atoms with Gasteiger partial charge in [-0.2, -0.15) is 0 Å². The van der Waals surface area contributed by atoms with Crippen LogP contribution in [0.5, 0.6) is 0 Å². The Bertz CT molecular complexity index is 166. The van der Waals surface area contributed by atoms with Crippen LogP contribution in [0, 0.1) is 0 Å². The fraction of sp³-hybridized carbons (Fsp3) is 0.700. The zero-order valence-electron chi connectivity index (χ0n) is 8.75. The lowest BCUT2D eigenvalue weighted by Gasteiger charge is -2.21. The van der Waals surface area contributed by atoms with Gasteiger partial charge in [0, 0.05) is 0 Å². The van der Waals surface area contributed by atoms with Crippen molar-refractivity contribution in [1.82, 2.24) is 4.90 Å². The van der Waals surface area contributed by atoms with E-state index in [1.165, 1.54) is 7.11 Å². The van der Waals surface area contributed by atoms with Crippen molar-refractivity contribution < 1.29 is 9.53 Å². The van der Waals surface area contributed by atoms with Gasteiger partial charge in [-0.25, -0.2) is 0 Å². The minimum absolute atomic E-state index is 0.120. The van der Waals surface area contributed by atoms with Gasteiger partial charge in [0.25, 0.3) is 0 Å². The van der Waals surface area contributed by atoms with E-state index in [2.05, 4.69) is 6.58 Å². The Morgan fingerprint density at radius 2 is 2.23 bits per heavy atom. The minimum Gasteiger partial charge on any atom is -0.468 e. The molecule has 3 heteroatoms. The summed E-state index contributed by atoms with van der Waals surface area (Å²) >= 11 is 0. The Balaban J connectivity index is 3.94. The van der Waals surface area contributed by atoms with Crippen LogP contribution in [0.15, 0.2) is 12.7 Å². The van der Waals surface area contributed by atoms with E-state index in [0.29, 0.717) is 0 Å². The van der Waals surface area contributed by atoms with Crippen LogP contribution in [0.1, 0.15) is 19.3 Å². The smallest absolute Gasteiger partial charge is 0.323 e. The highest BCUT2D eigenvalue weighted by atomic mass is 16.5. The number of hydrogen-bond acceptors (Lipinski definition) is 3. The predicted octanol–water partition coefficient (Wildman–Crippen LogP) is 1.45. The third kappa shape index (κ3) is 4.68. The predicted molar refractivity (Wildman–Crippen MR) is 53.5 cm³/mol. The Kier molecular flexibility index (Phi) is 6.24. The third-order valence-corrected chi connectivity index (χ3v) is 1.98. The van der Waals surface area contributed by atoms with Gasteiger partial charge in [-0.1, -0.05) is 6.08 Å². The molecule has 0 spiro atoms. The number of carbonyl (C=O) groups excluding carboxylic acids is 1. The molecule has 0 unspecified atom stereocenters. The first-order chi connectivity index (χ1) is 6.13. The van der Waals surface area contributed by atoms with Crippen LogP contribution in [0.4, 0.5) is 0 Å². The van der Waals surface area contributed by atoms with Crippen molar-refractivity contribution in [2.24, 2.45) is 0 Å². The molecule has 0 amide bonds. The maximum atomic E-state index is 11.3. The molecule has 0 fully saturated rings. The first-order valence-electron chi connectivity index (χ1n) is 4.48. The van der Waals surface area contributed by atoms with Crippen LogP contribution < -0.4 is 0 Å². The molecule has 0 aliphatic rings. The maximum Gasteiger partial charge on any atom is 0.323 e. The van der Waals surface area contributed by atoms with E-state index in [1.807, 2.05) is 25.1 Å². The fourth-order valence-corrected chi connectivity index (χ4v) is 1.18. The summed E-state index contributed by atoms with van der Waals surface area (Å²) in [7, 11) is 5.19. The molecule has 76 valence electrons. The summed E-state index contributed by atoms with van der Waals surface area (Å²) in [5.74, 6) is -0.158. The number of carbonyl (C=O) groups is 1. The van der Waals surface area contributed by atoms with Crippen LogP contribution in [0.25, 0.3) is 0 Å². The van der Waals surface area contributed by atoms with E-state index >= 15 is 0 Å². The molecule has 0 aliphatic carbocycles. The molecular formula is C10H19NO2. The fourth-order valence-electron chi connectivity index (χ4n) is 1.18. The molecule has 0 aromatic heterocycles. The third-order valence-electron chi connectivity index (χ3n) is 1.98. The minimum atomic E-state index is -0.158. The molecule has 0 saturated carbocycles. The summed E-state index contributed by atoms with van der Waals surface area (Å²) < 4.78 is 4.70. The van der Waals surface area contributed by atoms with Crippen molar-refractivity contribution >= 4 is 5.97 Å². The highest BCUT2D eigenvalue weighted by Gasteiger charge is 2.20. The molecule has 0 radical (unpaired) electrons. The summed E-state index contributed by atoms with van der Waals surface area (Å²) in [5.41, 5.74) is 0. The Morgan fingerprint density at radius 3 is 2.62 bits per heavy atom. The monoisotopic (exact) mass is 185 g/mol. The second-order valence-electron chi connectivity index (χ2n) is 3.22. The Morgan fingerprint density at radius 1 is 1.62 bits per heavy atom. The largest absolute Gasteiger partial charge is 0.468 e. The van der Waals surface area contributed by atoms with Crippen molar-refractivity contribution in [3.8, 4) is 0 Å². The average Bonchev–Trinajstić information content (AvgIpc) is 2.11. The van der Waals surface area contributed by atoms with Gasteiger partial charge in [-0.05, 0) is 33.4 Å². The number of methoxy groups -OCH3 is 1. The quantitative estimate of drug-likeness (QED) is 0.356. The van der Waals surface area contributed by atoms with Gasteiger partial charge in [-0.3, -0.25) is 9.69 Å². The Hall–Kier alpha value is -0.830. The van der Waals surface area contributed by atoms with E-state index in [0.717, 1.165) is 19.3 Å². The molecule has 0 N–H and O–H groups in total. The molecule has 3 nitrogen and oxygen atoms in total. The van der Waals surface area contributed by atoms with Gasteiger partial charge in [0.2, 0.25) is 0 Å². The summed E-state index contributed by atoms with van der Waals surface area (Å²) in [4.78, 5) is 13.1. The highest BCUT2D eigenvalue weighted by Crippen LogP contribution is 2.07. The number of esters is 1. The van der Waals surface area contributed by atoms with Crippen molar-refractivity contribution in [3.05, 3.63) is 12.7 Å². The number of rotatable bonds is 6. The first kappa shape index (κ1) is 12.2. The SMILES string of the molecule is C=CCCC[C@@H](C(=O)OC)N(C)C. The number of likely N-dealkylation sites (N-methyl/N-ethyl adjacent to an activating group) is 1. The summed E-state index contributed by atoms with van der Waals surface area (Å²) in [6, 6.07) is -0.120. The average molecular weight is 185 g/mol. The lowest BCUT2D eigenvalue weighted by atomic mass is 10.1. The van der Waals surface area contributed by atoms with Gasteiger partial charge < -0.3 is 4.74 Å². The summed E-state index contributed by atoms with van der Waals surface area (Å²) in [6.45, 7) is 3.64. The van der Waals surface area contributed by atoms with Gasteiger partial charge in [0.15, 0.2) is 0 Å². The molecule has 0 aromatic rings. The molecular weight excluding hydrogens is 166 g/mol. The number of nitrogens with zero attached hydrogens (tertiary/aromatic N) is 1. The molecule has 1 atom stereocenters.